The number of benzene rings is 2. The standard InChI is InChI=1S/C18H20BrClN2O3/c1-11(2)25-18-14(19)7-12(8-17(18)24-4)10-21-22-13-5-6-16(23-3)15(20)9-13/h5-11,22H,1-4H3/b21-10+. The van der Waals surface area contributed by atoms with Crippen LogP contribution in [0.25, 0.3) is 0 Å². The van der Waals surface area contributed by atoms with Crippen molar-refractivity contribution in [3.8, 4) is 17.2 Å². The molecule has 0 aliphatic heterocycles. The van der Waals surface area contributed by atoms with Crippen LogP contribution in [0.1, 0.15) is 19.4 Å². The van der Waals surface area contributed by atoms with Gasteiger partial charge < -0.3 is 14.2 Å². The van der Waals surface area contributed by atoms with Gasteiger partial charge in [-0.3, -0.25) is 5.43 Å². The number of halogens is 2. The zero-order valence-corrected chi connectivity index (χ0v) is 16.8. The van der Waals surface area contributed by atoms with Crippen LogP contribution in [0, 0.1) is 0 Å². The molecular weight excluding hydrogens is 408 g/mol. The fourth-order valence-corrected chi connectivity index (χ4v) is 2.89. The molecule has 0 atom stereocenters. The second-order valence-corrected chi connectivity index (χ2v) is 6.68. The number of rotatable bonds is 7. The molecule has 0 heterocycles. The minimum Gasteiger partial charge on any atom is -0.495 e. The van der Waals surface area contributed by atoms with Crippen LogP contribution in [-0.2, 0) is 0 Å². The molecule has 0 spiro atoms. The predicted molar refractivity (Wildman–Crippen MR) is 106 cm³/mol. The number of anilines is 1. The molecule has 0 saturated heterocycles. The lowest BCUT2D eigenvalue weighted by molar-refractivity contribution is 0.228. The third kappa shape index (κ3) is 5.28. The topological polar surface area (TPSA) is 52.1 Å². The van der Waals surface area contributed by atoms with Gasteiger partial charge in [0.2, 0.25) is 0 Å². The molecule has 134 valence electrons. The van der Waals surface area contributed by atoms with E-state index in [4.69, 9.17) is 25.8 Å². The molecule has 2 aromatic carbocycles. The van der Waals surface area contributed by atoms with Crippen molar-refractivity contribution < 1.29 is 14.2 Å². The second-order valence-electron chi connectivity index (χ2n) is 5.42. The van der Waals surface area contributed by atoms with Gasteiger partial charge in [-0.25, -0.2) is 0 Å². The summed E-state index contributed by atoms with van der Waals surface area (Å²) in [6.45, 7) is 3.93. The van der Waals surface area contributed by atoms with Gasteiger partial charge in [-0.05, 0) is 65.7 Å². The van der Waals surface area contributed by atoms with Gasteiger partial charge >= 0.3 is 0 Å². The fourth-order valence-electron chi connectivity index (χ4n) is 2.08. The van der Waals surface area contributed by atoms with Gasteiger partial charge in [-0.2, -0.15) is 5.10 Å². The third-order valence-corrected chi connectivity index (χ3v) is 4.05. The van der Waals surface area contributed by atoms with Crippen molar-refractivity contribution in [1.82, 2.24) is 0 Å². The molecule has 25 heavy (non-hydrogen) atoms. The first-order chi connectivity index (χ1) is 11.9. The average molecular weight is 428 g/mol. The van der Waals surface area contributed by atoms with Gasteiger partial charge in [0.1, 0.15) is 5.75 Å². The summed E-state index contributed by atoms with van der Waals surface area (Å²) in [5.74, 6) is 1.92. The summed E-state index contributed by atoms with van der Waals surface area (Å²) >= 11 is 9.60. The number of ether oxygens (including phenoxy) is 3. The van der Waals surface area contributed by atoms with Crippen molar-refractivity contribution in [3.05, 3.63) is 45.4 Å². The summed E-state index contributed by atoms with van der Waals surface area (Å²) in [5.41, 5.74) is 4.54. The summed E-state index contributed by atoms with van der Waals surface area (Å²) in [5, 5.41) is 4.74. The Labute approximate surface area is 161 Å². The van der Waals surface area contributed by atoms with Gasteiger partial charge in [0.05, 0.1) is 41.7 Å². The monoisotopic (exact) mass is 426 g/mol. The van der Waals surface area contributed by atoms with Crippen molar-refractivity contribution in [1.29, 1.82) is 0 Å². The van der Waals surface area contributed by atoms with Crippen LogP contribution in [0.2, 0.25) is 5.02 Å². The minimum absolute atomic E-state index is 0.0474. The van der Waals surface area contributed by atoms with E-state index in [1.807, 2.05) is 32.0 Å². The Hall–Kier alpha value is -1.92. The Bertz CT molecular complexity index is 766. The van der Waals surface area contributed by atoms with Crippen molar-refractivity contribution in [2.75, 3.05) is 19.6 Å². The molecule has 0 aliphatic carbocycles. The molecule has 0 fully saturated rings. The highest BCUT2D eigenvalue weighted by molar-refractivity contribution is 9.10. The summed E-state index contributed by atoms with van der Waals surface area (Å²) in [7, 11) is 3.18. The lowest BCUT2D eigenvalue weighted by Crippen LogP contribution is -2.07. The molecule has 0 saturated carbocycles. The highest BCUT2D eigenvalue weighted by atomic mass is 79.9. The van der Waals surface area contributed by atoms with E-state index in [-0.39, 0.29) is 6.10 Å². The van der Waals surface area contributed by atoms with Crippen LogP contribution in [0.15, 0.2) is 39.9 Å². The summed E-state index contributed by atoms with van der Waals surface area (Å²) in [4.78, 5) is 0. The highest BCUT2D eigenvalue weighted by Crippen LogP contribution is 2.37. The van der Waals surface area contributed by atoms with Gasteiger partial charge in [-0.15, -0.1) is 0 Å². The Morgan fingerprint density at radius 1 is 1.12 bits per heavy atom. The van der Waals surface area contributed by atoms with Crippen LogP contribution in [0.5, 0.6) is 17.2 Å². The van der Waals surface area contributed by atoms with E-state index in [0.717, 1.165) is 15.7 Å². The lowest BCUT2D eigenvalue weighted by Gasteiger charge is -2.15. The quantitative estimate of drug-likeness (QED) is 0.478. The minimum atomic E-state index is 0.0474. The third-order valence-electron chi connectivity index (χ3n) is 3.16. The summed E-state index contributed by atoms with van der Waals surface area (Å²) in [6.07, 6.45) is 1.73. The first-order valence-corrected chi connectivity index (χ1v) is 8.78. The number of nitrogens with one attached hydrogen (secondary N) is 1. The van der Waals surface area contributed by atoms with Crippen molar-refractivity contribution in [2.24, 2.45) is 5.10 Å². The van der Waals surface area contributed by atoms with E-state index in [1.165, 1.54) is 0 Å². The van der Waals surface area contributed by atoms with E-state index in [2.05, 4.69) is 26.5 Å². The molecule has 0 bridgehead atoms. The number of hydrogen-bond acceptors (Lipinski definition) is 5. The number of hydrogen-bond donors (Lipinski definition) is 1. The molecule has 0 aliphatic rings. The van der Waals surface area contributed by atoms with Gasteiger partial charge in [0, 0.05) is 0 Å². The first-order valence-electron chi connectivity index (χ1n) is 7.61. The molecule has 0 aromatic heterocycles. The largest absolute Gasteiger partial charge is 0.495 e. The smallest absolute Gasteiger partial charge is 0.175 e. The van der Waals surface area contributed by atoms with Crippen LogP contribution < -0.4 is 19.6 Å². The first kappa shape index (κ1) is 19.4. The van der Waals surface area contributed by atoms with Crippen molar-refractivity contribution in [2.45, 2.75) is 20.0 Å². The summed E-state index contributed by atoms with van der Waals surface area (Å²) in [6, 6.07) is 9.12. The van der Waals surface area contributed by atoms with Gasteiger partial charge in [-0.1, -0.05) is 11.6 Å². The Balaban J connectivity index is 2.15. The van der Waals surface area contributed by atoms with Crippen LogP contribution in [0.4, 0.5) is 5.69 Å². The zero-order valence-electron chi connectivity index (χ0n) is 14.5. The van der Waals surface area contributed by atoms with Crippen molar-refractivity contribution >= 4 is 39.4 Å². The zero-order chi connectivity index (χ0) is 18.4. The Morgan fingerprint density at radius 2 is 1.84 bits per heavy atom. The molecule has 5 nitrogen and oxygen atoms in total. The highest BCUT2D eigenvalue weighted by Gasteiger charge is 2.12. The molecular formula is C18H20BrClN2O3. The van der Waals surface area contributed by atoms with Crippen LogP contribution in [0.3, 0.4) is 0 Å². The van der Waals surface area contributed by atoms with E-state index in [9.17, 15) is 0 Å². The lowest BCUT2D eigenvalue weighted by atomic mass is 10.2. The molecule has 1 N–H and O–H groups in total. The number of methoxy groups -OCH3 is 2. The maximum absolute atomic E-state index is 6.09. The van der Waals surface area contributed by atoms with E-state index in [1.54, 1.807) is 32.6 Å². The number of hydrazone groups is 1. The molecule has 2 aromatic rings. The van der Waals surface area contributed by atoms with Gasteiger partial charge in [0.25, 0.3) is 0 Å². The maximum atomic E-state index is 6.09. The van der Waals surface area contributed by atoms with Crippen LogP contribution >= 0.6 is 27.5 Å². The van der Waals surface area contributed by atoms with E-state index < -0.39 is 0 Å². The maximum Gasteiger partial charge on any atom is 0.175 e. The Kier molecular flexibility index (Phi) is 6.96. The fraction of sp³-hybridized carbons (Fsp3) is 0.278. The SMILES string of the molecule is COc1ccc(N/N=C/c2cc(Br)c(OC(C)C)c(OC)c2)cc1Cl. The predicted octanol–water partition coefficient (Wildman–Crippen LogP) is 5.35. The molecule has 2 rings (SSSR count). The van der Waals surface area contributed by atoms with Crippen molar-refractivity contribution in [3.63, 3.8) is 0 Å². The van der Waals surface area contributed by atoms with E-state index >= 15 is 0 Å². The van der Waals surface area contributed by atoms with Crippen LogP contribution in [-0.4, -0.2) is 26.5 Å². The van der Waals surface area contributed by atoms with E-state index in [0.29, 0.717) is 22.3 Å². The van der Waals surface area contributed by atoms with Gasteiger partial charge in [0.15, 0.2) is 11.5 Å². The number of nitrogens with zero attached hydrogens (tertiary/aromatic N) is 1. The second kappa shape index (κ2) is 8.97. The molecule has 0 unspecified atom stereocenters. The summed E-state index contributed by atoms with van der Waals surface area (Å²) < 4.78 is 17.1. The Morgan fingerprint density at radius 3 is 2.44 bits per heavy atom. The normalized spacial score (nSPS) is 11.0. The molecule has 0 amide bonds. The average Bonchev–Trinajstić information content (AvgIpc) is 2.57. The molecule has 0 radical (unpaired) electrons. The molecule has 7 heteroatoms.